The van der Waals surface area contributed by atoms with E-state index in [0.717, 1.165) is 28.0 Å². The molecule has 3 heterocycles. The maximum Gasteiger partial charge on any atom is 0.232 e. The summed E-state index contributed by atoms with van der Waals surface area (Å²) in [5.41, 5.74) is 3.85. The number of anilines is 2. The third-order valence-electron chi connectivity index (χ3n) is 4.45. The molecule has 3 aromatic rings. The Hall–Kier alpha value is -3.22. The average Bonchev–Trinajstić information content (AvgIpc) is 3.04. The van der Waals surface area contributed by atoms with Crippen molar-refractivity contribution in [2.45, 2.75) is 19.3 Å². The van der Waals surface area contributed by atoms with Gasteiger partial charge in [-0.15, -0.1) is 0 Å². The molecule has 7 nitrogen and oxygen atoms in total. The molecular weight excluding hydrogens is 318 g/mol. The standard InChI is InChI=1S/C18H17N5O2/c1-10-13-7-11(9-19-17(13)23(2)22-10)20-16(24)8-14-12-5-3-4-6-15(12)21-18(14)25/h3-7,9,14H,8H2,1-2H3,(H,20,24)(H,21,25)/t14-/m1/s1. The van der Waals surface area contributed by atoms with Gasteiger partial charge in [0.1, 0.15) is 0 Å². The lowest BCUT2D eigenvalue weighted by Gasteiger charge is -2.09. The van der Waals surface area contributed by atoms with Gasteiger partial charge >= 0.3 is 0 Å². The summed E-state index contributed by atoms with van der Waals surface area (Å²) in [5, 5.41) is 10.8. The van der Waals surface area contributed by atoms with Gasteiger partial charge in [-0.1, -0.05) is 18.2 Å². The van der Waals surface area contributed by atoms with E-state index in [2.05, 4.69) is 20.7 Å². The number of aromatic nitrogens is 3. The van der Waals surface area contributed by atoms with Gasteiger partial charge in [0, 0.05) is 24.5 Å². The second-order valence-corrected chi connectivity index (χ2v) is 6.19. The summed E-state index contributed by atoms with van der Waals surface area (Å²) in [5.74, 6) is -0.833. The smallest absolute Gasteiger partial charge is 0.232 e. The Bertz CT molecular complexity index is 1010. The lowest BCUT2D eigenvalue weighted by atomic mass is 9.97. The van der Waals surface area contributed by atoms with Crippen LogP contribution in [0.3, 0.4) is 0 Å². The third-order valence-corrected chi connectivity index (χ3v) is 4.45. The number of hydrogen-bond donors (Lipinski definition) is 2. The van der Waals surface area contributed by atoms with E-state index in [-0.39, 0.29) is 18.2 Å². The third kappa shape index (κ3) is 2.63. The highest BCUT2D eigenvalue weighted by atomic mass is 16.2. The molecule has 2 N–H and O–H groups in total. The van der Waals surface area contributed by atoms with Gasteiger partial charge in [-0.25, -0.2) is 4.98 Å². The molecule has 1 atom stereocenters. The van der Waals surface area contributed by atoms with E-state index >= 15 is 0 Å². The summed E-state index contributed by atoms with van der Waals surface area (Å²) in [6.07, 6.45) is 1.69. The van der Waals surface area contributed by atoms with Gasteiger partial charge < -0.3 is 10.6 Å². The van der Waals surface area contributed by atoms with Crippen molar-refractivity contribution in [2.75, 3.05) is 10.6 Å². The van der Waals surface area contributed by atoms with Crippen LogP contribution >= 0.6 is 0 Å². The molecule has 0 aliphatic carbocycles. The quantitative estimate of drug-likeness (QED) is 0.769. The Kier molecular flexibility index (Phi) is 3.49. The predicted octanol–water partition coefficient (Wildman–Crippen LogP) is 2.34. The van der Waals surface area contributed by atoms with Crippen molar-refractivity contribution >= 4 is 34.2 Å². The van der Waals surface area contributed by atoms with Crippen molar-refractivity contribution in [3.8, 4) is 0 Å². The predicted molar refractivity (Wildman–Crippen MR) is 94.3 cm³/mol. The molecule has 0 spiro atoms. The molecule has 1 aliphatic heterocycles. The zero-order valence-electron chi connectivity index (χ0n) is 13.9. The van der Waals surface area contributed by atoms with Crippen LogP contribution in [0.4, 0.5) is 11.4 Å². The van der Waals surface area contributed by atoms with Crippen LogP contribution in [0.25, 0.3) is 11.0 Å². The monoisotopic (exact) mass is 335 g/mol. The minimum absolute atomic E-state index is 0.0902. The highest BCUT2D eigenvalue weighted by molar-refractivity contribution is 6.06. The molecule has 4 rings (SSSR count). The maximum atomic E-state index is 12.4. The largest absolute Gasteiger partial charge is 0.325 e. The minimum atomic E-state index is -0.465. The van der Waals surface area contributed by atoms with Gasteiger partial charge in [0.05, 0.1) is 23.5 Å². The first kappa shape index (κ1) is 15.3. The minimum Gasteiger partial charge on any atom is -0.325 e. The number of pyridine rings is 1. The van der Waals surface area contributed by atoms with Gasteiger partial charge in [0.2, 0.25) is 11.8 Å². The summed E-state index contributed by atoms with van der Waals surface area (Å²) in [4.78, 5) is 28.9. The number of amides is 2. The topological polar surface area (TPSA) is 88.9 Å². The number of nitrogens with zero attached hydrogens (tertiary/aromatic N) is 3. The molecule has 0 saturated heterocycles. The van der Waals surface area contributed by atoms with Crippen LogP contribution in [0, 0.1) is 6.92 Å². The van der Waals surface area contributed by atoms with Crippen molar-refractivity contribution in [3.63, 3.8) is 0 Å². The van der Waals surface area contributed by atoms with Gasteiger partial charge in [-0.05, 0) is 24.6 Å². The molecular formula is C18H17N5O2. The Morgan fingerprint density at radius 3 is 3.00 bits per heavy atom. The van der Waals surface area contributed by atoms with E-state index in [9.17, 15) is 9.59 Å². The van der Waals surface area contributed by atoms with Crippen LogP contribution in [0.1, 0.15) is 23.6 Å². The molecule has 7 heteroatoms. The zero-order chi connectivity index (χ0) is 17.6. The number of carbonyl (C=O) groups excluding carboxylic acids is 2. The fourth-order valence-electron chi connectivity index (χ4n) is 3.25. The first-order chi connectivity index (χ1) is 12.0. The Morgan fingerprint density at radius 1 is 1.36 bits per heavy atom. The summed E-state index contributed by atoms with van der Waals surface area (Å²) in [6.45, 7) is 1.90. The number of hydrogen-bond acceptors (Lipinski definition) is 4. The van der Waals surface area contributed by atoms with Gasteiger partial charge in [-0.2, -0.15) is 5.10 Å². The highest BCUT2D eigenvalue weighted by Gasteiger charge is 2.31. The summed E-state index contributed by atoms with van der Waals surface area (Å²) in [6, 6.07) is 9.29. The van der Waals surface area contributed by atoms with Crippen molar-refractivity contribution in [1.29, 1.82) is 0 Å². The molecule has 0 fully saturated rings. The van der Waals surface area contributed by atoms with Crippen LogP contribution in [-0.4, -0.2) is 26.6 Å². The lowest BCUT2D eigenvalue weighted by molar-refractivity contribution is -0.122. The molecule has 0 radical (unpaired) electrons. The van der Waals surface area contributed by atoms with Crippen LogP contribution in [0.15, 0.2) is 36.5 Å². The Balaban J connectivity index is 1.53. The van der Waals surface area contributed by atoms with E-state index in [1.54, 1.807) is 10.9 Å². The molecule has 2 amide bonds. The van der Waals surface area contributed by atoms with Crippen LogP contribution < -0.4 is 10.6 Å². The van der Waals surface area contributed by atoms with Gasteiger partial charge in [0.25, 0.3) is 0 Å². The molecule has 2 aromatic heterocycles. The van der Waals surface area contributed by atoms with E-state index in [0.29, 0.717) is 5.69 Å². The number of benzene rings is 1. The summed E-state index contributed by atoms with van der Waals surface area (Å²) in [7, 11) is 1.83. The molecule has 25 heavy (non-hydrogen) atoms. The van der Waals surface area contributed by atoms with Crippen molar-refractivity contribution in [3.05, 3.63) is 47.8 Å². The molecule has 1 aliphatic rings. The molecule has 0 bridgehead atoms. The Morgan fingerprint density at radius 2 is 2.16 bits per heavy atom. The van der Waals surface area contributed by atoms with Crippen molar-refractivity contribution < 1.29 is 9.59 Å². The summed E-state index contributed by atoms with van der Waals surface area (Å²) >= 11 is 0. The van der Waals surface area contributed by atoms with Crippen molar-refractivity contribution in [1.82, 2.24) is 14.8 Å². The van der Waals surface area contributed by atoms with E-state index in [4.69, 9.17) is 0 Å². The first-order valence-corrected chi connectivity index (χ1v) is 8.02. The number of aryl methyl sites for hydroxylation is 2. The molecule has 0 unspecified atom stereocenters. The SMILES string of the molecule is Cc1nn(C)c2ncc(NC(=O)C[C@H]3C(=O)Nc4ccccc43)cc12. The second-order valence-electron chi connectivity index (χ2n) is 6.19. The van der Waals surface area contributed by atoms with Gasteiger partial charge in [-0.3, -0.25) is 14.3 Å². The molecule has 126 valence electrons. The maximum absolute atomic E-state index is 12.4. The number of nitrogens with one attached hydrogen (secondary N) is 2. The van der Waals surface area contributed by atoms with E-state index in [1.165, 1.54) is 0 Å². The number of fused-ring (bicyclic) bond motifs is 2. The summed E-state index contributed by atoms with van der Waals surface area (Å²) < 4.78 is 1.70. The normalized spacial score (nSPS) is 15.9. The second kappa shape index (κ2) is 5.70. The lowest BCUT2D eigenvalue weighted by Crippen LogP contribution is -2.20. The number of para-hydroxylation sites is 1. The van der Waals surface area contributed by atoms with Crippen LogP contribution in [-0.2, 0) is 16.6 Å². The average molecular weight is 335 g/mol. The molecule has 1 aromatic carbocycles. The number of rotatable bonds is 3. The zero-order valence-corrected chi connectivity index (χ0v) is 13.9. The molecule has 0 saturated carbocycles. The Labute approximate surface area is 144 Å². The number of carbonyl (C=O) groups is 2. The van der Waals surface area contributed by atoms with E-state index < -0.39 is 5.92 Å². The highest BCUT2D eigenvalue weighted by Crippen LogP contribution is 2.34. The first-order valence-electron chi connectivity index (χ1n) is 8.02. The van der Waals surface area contributed by atoms with Gasteiger partial charge in [0.15, 0.2) is 5.65 Å². The fourth-order valence-corrected chi connectivity index (χ4v) is 3.25. The van der Waals surface area contributed by atoms with E-state index in [1.807, 2.05) is 44.3 Å². The fraction of sp³-hybridized carbons (Fsp3) is 0.222. The van der Waals surface area contributed by atoms with Crippen LogP contribution in [0.5, 0.6) is 0 Å². The van der Waals surface area contributed by atoms with Crippen molar-refractivity contribution in [2.24, 2.45) is 7.05 Å². The van der Waals surface area contributed by atoms with Crippen LogP contribution in [0.2, 0.25) is 0 Å².